The smallest absolute Gasteiger partial charge is 0.267 e. The van der Waals surface area contributed by atoms with Crippen molar-refractivity contribution >= 4 is 11.8 Å². The summed E-state index contributed by atoms with van der Waals surface area (Å²) in [6.45, 7) is 4.20. The number of carbonyl (C=O) groups is 2. The number of nitrogens with zero attached hydrogens (tertiary/aromatic N) is 2. The summed E-state index contributed by atoms with van der Waals surface area (Å²) in [5, 5.41) is 0. The molecule has 1 aromatic heterocycles. The highest BCUT2D eigenvalue weighted by Gasteiger charge is 2.22. The van der Waals surface area contributed by atoms with E-state index in [0.29, 0.717) is 23.9 Å². The molecule has 212 valence electrons. The van der Waals surface area contributed by atoms with Gasteiger partial charge in [-0.1, -0.05) is 70.8 Å². The number of hydrogen-bond acceptors (Lipinski definition) is 5. The molecule has 2 aromatic rings. The van der Waals surface area contributed by atoms with Gasteiger partial charge in [0.05, 0.1) is 13.7 Å². The summed E-state index contributed by atoms with van der Waals surface area (Å²) in [7, 11) is 3.45. The maximum atomic E-state index is 12.7. The average molecular weight is 641 g/mol. The Morgan fingerprint density at radius 2 is 1.53 bits per heavy atom. The third-order valence-corrected chi connectivity index (χ3v) is 6.42. The fraction of sp³-hybridized carbons (Fsp3) is 0.567. The lowest BCUT2D eigenvalue weighted by Gasteiger charge is -2.18. The van der Waals surface area contributed by atoms with Crippen LogP contribution in [0.1, 0.15) is 83.7 Å². The molecular formula is C30H45IN2O5. The molecule has 8 heteroatoms. The van der Waals surface area contributed by atoms with E-state index in [1.165, 1.54) is 63.2 Å². The molecule has 0 saturated heterocycles. The predicted octanol–water partition coefficient (Wildman–Crippen LogP) is 2.78. The molecule has 0 radical (unpaired) electrons. The SMILES string of the molecule is CCCCCCCCCCCCOc1ccc(OCC(=O)N(Cc2cccc[n+]2C)C(C)=O)cc1OC.[I-]. The second kappa shape index (κ2) is 19.7. The Hall–Kier alpha value is -2.36. The summed E-state index contributed by atoms with van der Waals surface area (Å²) in [5.41, 5.74) is 0.844. The summed E-state index contributed by atoms with van der Waals surface area (Å²) in [5.74, 6) is 0.948. The number of unbranched alkanes of at least 4 members (excludes halogenated alkanes) is 9. The maximum Gasteiger partial charge on any atom is 0.267 e. The van der Waals surface area contributed by atoms with Crippen LogP contribution < -0.4 is 42.8 Å². The molecule has 0 aliphatic heterocycles. The normalized spacial score (nSPS) is 10.4. The van der Waals surface area contributed by atoms with Crippen molar-refractivity contribution in [2.24, 2.45) is 7.05 Å². The summed E-state index contributed by atoms with van der Waals surface area (Å²) in [6.07, 6.45) is 14.7. The zero-order valence-electron chi connectivity index (χ0n) is 23.5. The molecule has 0 bridgehead atoms. The van der Waals surface area contributed by atoms with E-state index in [-0.39, 0.29) is 43.0 Å². The van der Waals surface area contributed by atoms with Gasteiger partial charge >= 0.3 is 0 Å². The van der Waals surface area contributed by atoms with Crippen molar-refractivity contribution in [2.75, 3.05) is 20.3 Å². The van der Waals surface area contributed by atoms with Gasteiger partial charge in [-0.15, -0.1) is 0 Å². The first-order chi connectivity index (χ1) is 18.0. The summed E-state index contributed by atoms with van der Waals surface area (Å²) < 4.78 is 19.0. The zero-order chi connectivity index (χ0) is 26.9. The van der Waals surface area contributed by atoms with Gasteiger partial charge in [-0.3, -0.25) is 14.5 Å². The molecular weight excluding hydrogens is 595 g/mol. The van der Waals surface area contributed by atoms with Crippen molar-refractivity contribution in [3.8, 4) is 17.2 Å². The number of pyridine rings is 1. The number of methoxy groups -OCH3 is 1. The highest BCUT2D eigenvalue weighted by atomic mass is 127. The molecule has 38 heavy (non-hydrogen) atoms. The van der Waals surface area contributed by atoms with Crippen molar-refractivity contribution in [3.05, 3.63) is 48.3 Å². The van der Waals surface area contributed by atoms with Gasteiger partial charge in [-0.2, -0.15) is 0 Å². The van der Waals surface area contributed by atoms with Gasteiger partial charge < -0.3 is 38.2 Å². The predicted molar refractivity (Wildman–Crippen MR) is 145 cm³/mol. The molecule has 0 unspecified atom stereocenters. The summed E-state index contributed by atoms with van der Waals surface area (Å²) in [4.78, 5) is 26.0. The number of aryl methyl sites for hydroxylation is 1. The van der Waals surface area contributed by atoms with Crippen LogP contribution in [0, 0.1) is 0 Å². The van der Waals surface area contributed by atoms with E-state index in [9.17, 15) is 9.59 Å². The second-order valence-corrected chi connectivity index (χ2v) is 9.43. The molecule has 0 saturated carbocycles. The van der Waals surface area contributed by atoms with Crippen LogP contribution in [0.15, 0.2) is 42.6 Å². The van der Waals surface area contributed by atoms with Gasteiger partial charge in [0, 0.05) is 25.1 Å². The van der Waals surface area contributed by atoms with E-state index >= 15 is 0 Å². The van der Waals surface area contributed by atoms with Crippen LogP contribution in [-0.4, -0.2) is 37.0 Å². The van der Waals surface area contributed by atoms with E-state index in [4.69, 9.17) is 14.2 Å². The Balaban J connectivity index is 0.00000722. The molecule has 1 heterocycles. The Morgan fingerprint density at radius 1 is 0.868 bits per heavy atom. The first-order valence-electron chi connectivity index (χ1n) is 13.6. The van der Waals surface area contributed by atoms with E-state index in [0.717, 1.165) is 18.5 Å². The average Bonchev–Trinajstić information content (AvgIpc) is 2.90. The number of rotatable bonds is 18. The monoisotopic (exact) mass is 640 g/mol. The Morgan fingerprint density at radius 3 is 2.13 bits per heavy atom. The van der Waals surface area contributed by atoms with Crippen molar-refractivity contribution in [2.45, 2.75) is 84.6 Å². The van der Waals surface area contributed by atoms with Crippen LogP contribution in [0.4, 0.5) is 0 Å². The number of halogens is 1. The van der Waals surface area contributed by atoms with E-state index in [1.54, 1.807) is 25.3 Å². The molecule has 7 nitrogen and oxygen atoms in total. The van der Waals surface area contributed by atoms with Crippen LogP contribution in [0.5, 0.6) is 17.2 Å². The van der Waals surface area contributed by atoms with Gasteiger partial charge in [0.2, 0.25) is 11.6 Å². The number of ether oxygens (including phenoxy) is 3. The molecule has 0 N–H and O–H groups in total. The number of benzene rings is 1. The van der Waals surface area contributed by atoms with Gasteiger partial charge in [0.1, 0.15) is 19.3 Å². The van der Waals surface area contributed by atoms with Crippen molar-refractivity contribution in [1.29, 1.82) is 0 Å². The lowest BCUT2D eigenvalue weighted by Crippen LogP contribution is -3.00. The summed E-state index contributed by atoms with van der Waals surface area (Å²) in [6, 6.07) is 10.9. The van der Waals surface area contributed by atoms with E-state index in [1.807, 2.05) is 36.0 Å². The third kappa shape index (κ3) is 12.5. The van der Waals surface area contributed by atoms with Crippen LogP contribution >= 0.6 is 0 Å². The Labute approximate surface area is 245 Å². The molecule has 2 amide bonds. The number of carbonyl (C=O) groups excluding carboxylic acids is 2. The molecule has 0 atom stereocenters. The second-order valence-electron chi connectivity index (χ2n) is 9.43. The highest BCUT2D eigenvalue weighted by molar-refractivity contribution is 5.94. The summed E-state index contributed by atoms with van der Waals surface area (Å²) >= 11 is 0. The topological polar surface area (TPSA) is 69.0 Å². The molecule has 1 aromatic carbocycles. The van der Waals surface area contributed by atoms with Gasteiger partial charge in [-0.25, -0.2) is 4.57 Å². The van der Waals surface area contributed by atoms with Crippen LogP contribution in [0.3, 0.4) is 0 Å². The standard InChI is InChI=1S/C30H45N2O5.HI/c1-5-6-7-8-9-10-11-12-13-16-21-36-28-19-18-27(22-29(28)35-4)37-24-30(34)32(25(2)33)23-26-17-14-15-20-31(26)3;/h14-15,17-20,22H,5-13,16,21,23-24H2,1-4H3;1H/q+1;/p-1. The van der Waals surface area contributed by atoms with Crippen molar-refractivity contribution < 1.29 is 52.3 Å². The van der Waals surface area contributed by atoms with E-state index in [2.05, 4.69) is 6.92 Å². The zero-order valence-corrected chi connectivity index (χ0v) is 25.7. The third-order valence-electron chi connectivity index (χ3n) is 6.42. The number of imide groups is 1. The van der Waals surface area contributed by atoms with Crippen LogP contribution in [0.25, 0.3) is 0 Å². The van der Waals surface area contributed by atoms with Crippen molar-refractivity contribution in [3.63, 3.8) is 0 Å². The fourth-order valence-corrected chi connectivity index (χ4v) is 4.11. The molecule has 0 aliphatic carbocycles. The van der Waals surface area contributed by atoms with E-state index < -0.39 is 5.91 Å². The van der Waals surface area contributed by atoms with Gasteiger partial charge in [-0.05, 0) is 18.6 Å². The number of amides is 2. The lowest BCUT2D eigenvalue weighted by atomic mass is 10.1. The fourth-order valence-electron chi connectivity index (χ4n) is 4.11. The quantitative estimate of drug-likeness (QED) is 0.143. The van der Waals surface area contributed by atoms with Gasteiger partial charge in [0.25, 0.3) is 5.91 Å². The largest absolute Gasteiger partial charge is 1.00 e. The first-order valence-corrected chi connectivity index (χ1v) is 13.6. The minimum Gasteiger partial charge on any atom is -1.00 e. The molecule has 0 aliphatic rings. The number of aromatic nitrogens is 1. The minimum atomic E-state index is -0.406. The highest BCUT2D eigenvalue weighted by Crippen LogP contribution is 2.31. The van der Waals surface area contributed by atoms with Gasteiger partial charge in [0.15, 0.2) is 24.3 Å². The number of hydrogen-bond donors (Lipinski definition) is 0. The van der Waals surface area contributed by atoms with Crippen LogP contribution in [-0.2, 0) is 23.2 Å². The Kier molecular flexibility index (Phi) is 17.4. The molecule has 0 spiro atoms. The van der Waals surface area contributed by atoms with Crippen LogP contribution in [0.2, 0.25) is 0 Å². The minimum absolute atomic E-state index is 0. The maximum absolute atomic E-state index is 12.7. The van der Waals surface area contributed by atoms with Crippen molar-refractivity contribution in [1.82, 2.24) is 4.90 Å². The molecule has 0 fully saturated rings. The Bertz CT molecular complexity index is 969. The molecule has 2 rings (SSSR count). The first kappa shape index (κ1) is 33.7. The lowest BCUT2D eigenvalue weighted by molar-refractivity contribution is -0.679.